The molecule has 26 heteroatoms. The van der Waals surface area contributed by atoms with Crippen LogP contribution in [0.5, 0.6) is 0 Å². The Morgan fingerprint density at radius 1 is 0.232 bits per heavy atom. The second-order valence-electron chi connectivity index (χ2n) is 10.4. The lowest BCUT2D eigenvalue weighted by Crippen LogP contribution is -2.11. The molecule has 0 aliphatic heterocycles. The molecule has 6 aromatic rings. The smallest absolute Gasteiger partial charge is 0.219 e. The maximum atomic E-state index is 14.6. The van der Waals surface area contributed by atoms with Gasteiger partial charge in [0.05, 0.1) is 16.8 Å². The molecule has 56 heavy (non-hydrogen) atoms. The van der Waals surface area contributed by atoms with Crippen LogP contribution in [-0.2, 0) is 0 Å². The van der Waals surface area contributed by atoms with Gasteiger partial charge in [-0.2, -0.15) is 59.4 Å². The van der Waals surface area contributed by atoms with Gasteiger partial charge in [0.2, 0.25) is 11.9 Å². The molecule has 0 saturated heterocycles. The van der Waals surface area contributed by atoms with Crippen LogP contribution in [-0.4, -0.2) is 39.9 Å². The molecule has 0 amide bonds. The molecular weight excluding hydrogens is 814 g/mol. The first-order valence-electron chi connectivity index (χ1n) is 14.0. The highest BCUT2D eigenvalue weighted by Crippen LogP contribution is 2.36. The fourth-order valence-electron chi connectivity index (χ4n) is 4.49. The lowest BCUT2D eigenvalue weighted by atomic mass is 10.0. The van der Waals surface area contributed by atoms with Gasteiger partial charge in [-0.25, -0.2) is 59.4 Å². The van der Waals surface area contributed by atoms with Crippen LogP contribution in [0.2, 0.25) is 0 Å². The summed E-state index contributed by atoms with van der Waals surface area (Å²) in [5, 5.41) is 0. The molecule has 0 aromatic carbocycles. The molecule has 0 bridgehead atoms. The highest BCUT2D eigenvalue weighted by atomic mass is 19.2. The van der Waals surface area contributed by atoms with Crippen LogP contribution in [0.4, 0.5) is 79.0 Å². The van der Waals surface area contributed by atoms with Crippen molar-refractivity contribution in [2.45, 2.75) is 13.8 Å². The predicted molar refractivity (Wildman–Crippen MR) is 146 cm³/mol. The van der Waals surface area contributed by atoms with E-state index in [2.05, 4.69) is 39.9 Å². The largest absolute Gasteiger partial charge is 0.252 e. The first-order chi connectivity index (χ1) is 26.1. The van der Waals surface area contributed by atoms with Gasteiger partial charge in [-0.3, -0.25) is 0 Å². The van der Waals surface area contributed by atoms with Gasteiger partial charge in [-0.15, -0.1) is 0 Å². The van der Waals surface area contributed by atoms with Gasteiger partial charge < -0.3 is 0 Å². The third-order valence-electron chi connectivity index (χ3n) is 7.03. The fraction of sp³-hybridized carbons (Fsp3) is 0.0667. The quantitative estimate of drug-likeness (QED) is 0.129. The van der Waals surface area contributed by atoms with E-state index in [0.717, 1.165) is 13.8 Å². The summed E-state index contributed by atoms with van der Waals surface area (Å²) in [5.41, 5.74) is -9.73. The maximum Gasteiger partial charge on any atom is 0.252 e. The molecule has 0 saturated carbocycles. The third kappa shape index (κ3) is 6.96. The number of nitrogens with zero attached hydrogens (tertiary/aromatic N) is 8. The van der Waals surface area contributed by atoms with Crippen molar-refractivity contribution in [3.05, 3.63) is 117 Å². The Hall–Kier alpha value is -6.50. The minimum Gasteiger partial charge on any atom is -0.219 e. The zero-order valence-corrected chi connectivity index (χ0v) is 26.4. The topological polar surface area (TPSA) is 103 Å². The van der Waals surface area contributed by atoms with Crippen LogP contribution < -0.4 is 0 Å². The van der Waals surface area contributed by atoms with Gasteiger partial charge in [0.1, 0.15) is 11.1 Å². The summed E-state index contributed by atoms with van der Waals surface area (Å²) in [4.78, 5) is 21.8. The van der Waals surface area contributed by atoms with E-state index in [9.17, 15) is 79.0 Å². The molecule has 0 radical (unpaired) electrons. The van der Waals surface area contributed by atoms with Crippen LogP contribution in [0.25, 0.3) is 45.3 Å². The van der Waals surface area contributed by atoms with E-state index < -0.39 is 162 Å². The summed E-state index contributed by atoms with van der Waals surface area (Å²) >= 11 is 0. The number of hydrogen-bond acceptors (Lipinski definition) is 8. The monoisotopic (exact) mass is 820 g/mol. The second-order valence-corrected chi connectivity index (χ2v) is 10.4. The molecule has 0 unspecified atom stereocenters. The molecule has 0 atom stereocenters. The minimum atomic E-state index is -2.29. The van der Waals surface area contributed by atoms with Crippen molar-refractivity contribution < 1.29 is 79.0 Å². The number of rotatable bonds is 4. The van der Waals surface area contributed by atoms with Gasteiger partial charge in [-0.1, -0.05) is 0 Å². The summed E-state index contributed by atoms with van der Waals surface area (Å²) < 4.78 is 247. The summed E-state index contributed by atoms with van der Waals surface area (Å²) in [5.74, 6) is -42.5. The highest BCUT2D eigenvalue weighted by Gasteiger charge is 2.32. The molecule has 0 aliphatic carbocycles. The van der Waals surface area contributed by atoms with E-state index in [1.807, 2.05) is 0 Å². The fourth-order valence-corrected chi connectivity index (χ4v) is 4.49. The van der Waals surface area contributed by atoms with Crippen molar-refractivity contribution in [2.24, 2.45) is 0 Å². The van der Waals surface area contributed by atoms with Crippen LogP contribution in [0.3, 0.4) is 0 Å². The first-order valence-corrected chi connectivity index (χ1v) is 14.0. The van der Waals surface area contributed by atoms with Crippen LogP contribution in [0.1, 0.15) is 11.3 Å². The summed E-state index contributed by atoms with van der Waals surface area (Å²) in [6, 6.07) is 0. The van der Waals surface area contributed by atoms with Gasteiger partial charge in [0, 0.05) is 11.1 Å². The van der Waals surface area contributed by atoms with E-state index in [1.54, 1.807) is 0 Å². The first kappa shape index (κ1) is 40.7. The lowest BCUT2D eigenvalue weighted by molar-refractivity contribution is 0.407. The Labute approximate surface area is 295 Å². The minimum absolute atomic E-state index is 0.813. The molecule has 8 nitrogen and oxygen atoms in total. The Morgan fingerprint density at radius 3 is 0.786 bits per heavy atom. The summed E-state index contributed by atoms with van der Waals surface area (Å²) in [6.07, 6.45) is 0. The average Bonchev–Trinajstić information content (AvgIpc) is 3.13. The lowest BCUT2D eigenvalue weighted by Gasteiger charge is -2.12. The predicted octanol–water partition coefficient (Wildman–Crippen LogP) is 8.32. The Balaban J connectivity index is 0.000000253. The van der Waals surface area contributed by atoms with Gasteiger partial charge in [0.25, 0.3) is 41.6 Å². The molecule has 6 heterocycles. The van der Waals surface area contributed by atoms with Crippen molar-refractivity contribution in [1.29, 1.82) is 0 Å². The van der Waals surface area contributed by atoms with Gasteiger partial charge >= 0.3 is 0 Å². The number of hydrogen-bond donors (Lipinski definition) is 0. The van der Waals surface area contributed by atoms with E-state index in [1.165, 1.54) is 0 Å². The third-order valence-corrected chi connectivity index (χ3v) is 7.03. The summed E-state index contributed by atoms with van der Waals surface area (Å²) in [7, 11) is 0. The van der Waals surface area contributed by atoms with Crippen LogP contribution >= 0.6 is 0 Å². The Morgan fingerprint density at radius 2 is 0.464 bits per heavy atom. The van der Waals surface area contributed by atoms with E-state index in [0.29, 0.717) is 0 Å². The van der Waals surface area contributed by atoms with Crippen molar-refractivity contribution in [1.82, 2.24) is 39.9 Å². The standard InChI is InChI=1S/C19H3F11N6.C11H3F7N2/c1-2-6(20)3(7(21)12(26)31-2)17-34-18(4-8(22)13(27)32-14(28)9(4)23)36-19(35-17)5-10(24)15(29)33-16(30)11(5)25;1-2-3(5(12)9(16)19-8(2)15)4-6(13)10(17)20-11(18)7(4)14/h1H3;1H3. The van der Waals surface area contributed by atoms with Crippen molar-refractivity contribution in [3.63, 3.8) is 0 Å². The number of aromatic nitrogens is 8. The molecule has 0 N–H and O–H groups in total. The van der Waals surface area contributed by atoms with Crippen LogP contribution in [0, 0.1) is 120 Å². The number of halogens is 18. The summed E-state index contributed by atoms with van der Waals surface area (Å²) in [6.45, 7) is 1.64. The normalized spacial score (nSPS) is 11.2. The number of aryl methyl sites for hydroxylation is 1. The van der Waals surface area contributed by atoms with Gasteiger partial charge in [-0.05, 0) is 13.8 Å². The SMILES string of the molecule is Cc1c(F)nc(F)c(F)c1-c1c(F)c(F)nc(F)c1F.Cc1nc(F)c(F)c(-c2nc(-c3c(F)c(F)nc(F)c3F)nc(-c3c(F)c(F)nc(F)c3F)n2)c1F. The molecular formula is C30H6F18N8. The molecule has 0 spiro atoms. The molecule has 0 aliphatic rings. The van der Waals surface area contributed by atoms with E-state index in [-0.39, 0.29) is 0 Å². The zero-order valence-electron chi connectivity index (χ0n) is 26.4. The number of pyridine rings is 5. The van der Waals surface area contributed by atoms with E-state index in [4.69, 9.17) is 0 Å². The Kier molecular flexibility index (Phi) is 10.9. The van der Waals surface area contributed by atoms with Crippen molar-refractivity contribution in [2.75, 3.05) is 0 Å². The highest BCUT2D eigenvalue weighted by molar-refractivity contribution is 5.69. The zero-order chi connectivity index (χ0) is 41.8. The average molecular weight is 820 g/mol. The molecule has 292 valence electrons. The Bertz CT molecular complexity index is 2230. The molecule has 6 rings (SSSR count). The second kappa shape index (κ2) is 15.0. The maximum absolute atomic E-state index is 14.6. The van der Waals surface area contributed by atoms with Crippen molar-refractivity contribution in [3.8, 4) is 45.3 Å². The van der Waals surface area contributed by atoms with Gasteiger partial charge in [0.15, 0.2) is 69.8 Å². The molecule has 0 fully saturated rings. The van der Waals surface area contributed by atoms with Crippen molar-refractivity contribution >= 4 is 0 Å². The van der Waals surface area contributed by atoms with E-state index >= 15 is 0 Å². The van der Waals surface area contributed by atoms with Crippen LogP contribution in [0.15, 0.2) is 0 Å². The molecule has 6 aromatic heterocycles.